The number of amides is 1. The van der Waals surface area contributed by atoms with Gasteiger partial charge in [0, 0.05) is 24.5 Å². The average molecular weight is 287 g/mol. The zero-order chi connectivity index (χ0) is 15.4. The number of aliphatic hydroxyl groups excluding tert-OH is 1. The van der Waals surface area contributed by atoms with Crippen molar-refractivity contribution >= 4 is 17.3 Å². The summed E-state index contributed by atoms with van der Waals surface area (Å²) in [6.45, 7) is 4.12. The van der Waals surface area contributed by atoms with Crippen molar-refractivity contribution < 1.29 is 9.90 Å². The van der Waals surface area contributed by atoms with Crippen LogP contribution < -0.4 is 11.1 Å². The lowest BCUT2D eigenvalue weighted by Gasteiger charge is -2.12. The molecule has 21 heavy (non-hydrogen) atoms. The maximum absolute atomic E-state index is 12.3. The second-order valence-electron chi connectivity index (χ2n) is 5.28. The Hall–Kier alpha value is -2.27. The molecule has 0 saturated heterocycles. The van der Waals surface area contributed by atoms with Crippen molar-refractivity contribution in [2.45, 2.75) is 26.3 Å². The molecular weight excluding hydrogens is 266 g/mol. The monoisotopic (exact) mass is 287 g/mol. The number of anilines is 2. The van der Waals surface area contributed by atoms with Crippen LogP contribution in [0, 0.1) is 0 Å². The van der Waals surface area contributed by atoms with Crippen molar-refractivity contribution in [3.05, 3.63) is 47.8 Å². The van der Waals surface area contributed by atoms with E-state index in [0.717, 1.165) is 11.3 Å². The largest absolute Gasteiger partial charge is 0.397 e. The Balaban J connectivity index is 2.14. The predicted molar refractivity (Wildman–Crippen MR) is 84.4 cm³/mol. The molecule has 2 aromatic rings. The first-order chi connectivity index (χ1) is 10.0. The summed E-state index contributed by atoms with van der Waals surface area (Å²) in [7, 11) is 0. The van der Waals surface area contributed by atoms with Gasteiger partial charge < -0.3 is 20.7 Å². The number of hydrogen-bond donors (Lipinski definition) is 3. The first-order valence-electron chi connectivity index (χ1n) is 6.99. The number of nitrogens with zero attached hydrogens (tertiary/aromatic N) is 1. The quantitative estimate of drug-likeness (QED) is 0.790. The van der Waals surface area contributed by atoms with Gasteiger partial charge in [-0.2, -0.15) is 0 Å². The van der Waals surface area contributed by atoms with Crippen LogP contribution in [0.3, 0.4) is 0 Å². The van der Waals surface area contributed by atoms with Crippen LogP contribution >= 0.6 is 0 Å². The Bertz CT molecular complexity index is 615. The minimum atomic E-state index is -0.185. The number of carbonyl (C=O) groups excluding carboxylic acids is 1. The molecule has 0 aliphatic heterocycles. The molecule has 1 aromatic heterocycles. The molecule has 0 aliphatic rings. The molecule has 112 valence electrons. The van der Waals surface area contributed by atoms with Crippen molar-refractivity contribution in [1.29, 1.82) is 0 Å². The van der Waals surface area contributed by atoms with Gasteiger partial charge in [0.05, 0.1) is 5.69 Å². The molecule has 0 spiro atoms. The number of aromatic nitrogens is 1. The van der Waals surface area contributed by atoms with Crippen LogP contribution in [-0.4, -0.2) is 22.2 Å². The van der Waals surface area contributed by atoms with E-state index in [0.29, 0.717) is 17.8 Å². The van der Waals surface area contributed by atoms with Gasteiger partial charge >= 0.3 is 0 Å². The molecule has 1 heterocycles. The maximum atomic E-state index is 12.3. The van der Waals surface area contributed by atoms with Crippen molar-refractivity contribution in [2.24, 2.45) is 0 Å². The van der Waals surface area contributed by atoms with E-state index in [9.17, 15) is 4.79 Å². The molecule has 0 unspecified atom stereocenters. The summed E-state index contributed by atoms with van der Waals surface area (Å²) in [5, 5.41) is 11.7. The zero-order valence-corrected chi connectivity index (χ0v) is 12.3. The van der Waals surface area contributed by atoms with Gasteiger partial charge in [-0.05, 0) is 44.0 Å². The van der Waals surface area contributed by atoms with Gasteiger partial charge in [0.15, 0.2) is 0 Å². The summed E-state index contributed by atoms with van der Waals surface area (Å²) in [6, 6.07) is 9.28. The fourth-order valence-corrected chi connectivity index (χ4v) is 2.19. The number of carbonyl (C=O) groups is 1. The van der Waals surface area contributed by atoms with Gasteiger partial charge in [-0.25, -0.2) is 0 Å². The summed E-state index contributed by atoms with van der Waals surface area (Å²) in [6.07, 6.45) is 2.38. The molecule has 0 aliphatic carbocycles. The van der Waals surface area contributed by atoms with Crippen LogP contribution in [0.4, 0.5) is 11.4 Å². The second kappa shape index (κ2) is 6.45. The third-order valence-electron chi connectivity index (χ3n) is 3.27. The van der Waals surface area contributed by atoms with E-state index >= 15 is 0 Å². The number of nitrogens with one attached hydrogen (secondary N) is 1. The second-order valence-corrected chi connectivity index (χ2v) is 5.28. The highest BCUT2D eigenvalue weighted by Gasteiger charge is 2.14. The summed E-state index contributed by atoms with van der Waals surface area (Å²) in [4.78, 5) is 12.3. The lowest BCUT2D eigenvalue weighted by atomic mass is 10.1. The molecule has 2 rings (SSSR count). The van der Waals surface area contributed by atoms with E-state index in [1.54, 1.807) is 12.3 Å². The van der Waals surface area contributed by atoms with E-state index in [4.69, 9.17) is 10.8 Å². The number of benzene rings is 1. The van der Waals surface area contributed by atoms with E-state index in [-0.39, 0.29) is 18.6 Å². The third kappa shape index (κ3) is 3.64. The summed E-state index contributed by atoms with van der Waals surface area (Å²) in [5.74, 6) is -0.185. The fourth-order valence-electron chi connectivity index (χ4n) is 2.19. The average Bonchev–Trinajstić information content (AvgIpc) is 2.84. The van der Waals surface area contributed by atoms with E-state index in [1.165, 1.54) is 0 Å². The number of nitrogens with two attached hydrogens (primary N) is 1. The van der Waals surface area contributed by atoms with Crippen LogP contribution in [0.2, 0.25) is 0 Å². The van der Waals surface area contributed by atoms with Crippen molar-refractivity contribution in [3.8, 4) is 0 Å². The lowest BCUT2D eigenvalue weighted by Crippen LogP contribution is -2.17. The Morgan fingerprint density at radius 3 is 2.57 bits per heavy atom. The van der Waals surface area contributed by atoms with Crippen LogP contribution in [0.5, 0.6) is 0 Å². The number of hydrogen-bond acceptors (Lipinski definition) is 3. The van der Waals surface area contributed by atoms with Gasteiger partial charge in [0.25, 0.3) is 5.91 Å². The Morgan fingerprint density at radius 2 is 2.00 bits per heavy atom. The fraction of sp³-hybridized carbons (Fsp3) is 0.312. The molecule has 0 saturated carbocycles. The molecule has 0 fully saturated rings. The molecule has 1 amide bonds. The molecule has 0 atom stereocenters. The van der Waals surface area contributed by atoms with E-state index in [1.807, 2.05) is 42.7 Å². The topological polar surface area (TPSA) is 80.3 Å². The number of aliphatic hydroxyl groups is 1. The van der Waals surface area contributed by atoms with Gasteiger partial charge in [0.2, 0.25) is 0 Å². The lowest BCUT2D eigenvalue weighted by molar-refractivity contribution is 0.101. The predicted octanol–water partition coefficient (Wildman–Crippen LogP) is 2.44. The normalized spacial score (nSPS) is 10.9. The Morgan fingerprint density at radius 1 is 1.33 bits per heavy atom. The Kier molecular flexibility index (Phi) is 4.65. The highest BCUT2D eigenvalue weighted by atomic mass is 16.2. The van der Waals surface area contributed by atoms with Gasteiger partial charge in [-0.1, -0.05) is 12.1 Å². The number of nitrogen functional groups attached to an aromatic ring is 1. The summed E-state index contributed by atoms with van der Waals surface area (Å²) >= 11 is 0. The highest BCUT2D eigenvalue weighted by molar-refractivity contribution is 6.03. The van der Waals surface area contributed by atoms with Crippen molar-refractivity contribution in [1.82, 2.24) is 4.57 Å². The molecule has 1 aromatic carbocycles. The number of rotatable bonds is 5. The van der Waals surface area contributed by atoms with Gasteiger partial charge in [-0.15, -0.1) is 0 Å². The standard InChI is InChI=1S/C16H21N3O2/c1-11(2)19-10-13(17)9-15(19)16(21)18-14-5-3-12(4-6-14)7-8-20/h3-6,9-11,20H,7-8,17H2,1-2H3,(H,18,21). The van der Waals surface area contributed by atoms with Crippen LogP contribution in [0.25, 0.3) is 0 Å². The van der Waals surface area contributed by atoms with Crippen molar-refractivity contribution in [3.63, 3.8) is 0 Å². The molecule has 0 bridgehead atoms. The molecule has 5 nitrogen and oxygen atoms in total. The van der Waals surface area contributed by atoms with E-state index < -0.39 is 0 Å². The van der Waals surface area contributed by atoms with Gasteiger partial charge in [-0.3, -0.25) is 4.79 Å². The van der Waals surface area contributed by atoms with Crippen LogP contribution in [0.15, 0.2) is 36.5 Å². The van der Waals surface area contributed by atoms with Crippen LogP contribution in [-0.2, 0) is 6.42 Å². The summed E-state index contributed by atoms with van der Waals surface area (Å²) < 4.78 is 1.85. The molecule has 0 radical (unpaired) electrons. The Labute approximate surface area is 124 Å². The first kappa shape index (κ1) is 15.1. The zero-order valence-electron chi connectivity index (χ0n) is 12.3. The third-order valence-corrected chi connectivity index (χ3v) is 3.27. The maximum Gasteiger partial charge on any atom is 0.272 e. The highest BCUT2D eigenvalue weighted by Crippen LogP contribution is 2.18. The minimum Gasteiger partial charge on any atom is -0.397 e. The smallest absolute Gasteiger partial charge is 0.272 e. The minimum absolute atomic E-state index is 0.118. The van der Waals surface area contributed by atoms with Crippen molar-refractivity contribution in [2.75, 3.05) is 17.7 Å². The molecule has 5 heteroatoms. The summed E-state index contributed by atoms with van der Waals surface area (Å²) in [5.41, 5.74) is 8.65. The molecule has 4 N–H and O–H groups in total. The van der Waals surface area contributed by atoms with Crippen LogP contribution in [0.1, 0.15) is 35.9 Å². The van der Waals surface area contributed by atoms with Gasteiger partial charge in [0.1, 0.15) is 5.69 Å². The first-order valence-corrected chi connectivity index (χ1v) is 6.99. The van der Waals surface area contributed by atoms with E-state index in [2.05, 4.69) is 5.32 Å². The molecular formula is C16H21N3O2. The SMILES string of the molecule is CC(C)n1cc(N)cc1C(=O)Nc1ccc(CCO)cc1.